The van der Waals surface area contributed by atoms with Crippen LogP contribution in [-0.2, 0) is 6.42 Å². The van der Waals surface area contributed by atoms with Gasteiger partial charge in [0.1, 0.15) is 11.6 Å². The van der Waals surface area contributed by atoms with Gasteiger partial charge in [-0.25, -0.2) is 8.78 Å². The van der Waals surface area contributed by atoms with E-state index in [2.05, 4.69) is 0 Å². The van der Waals surface area contributed by atoms with Gasteiger partial charge in [-0.1, -0.05) is 48.5 Å². The summed E-state index contributed by atoms with van der Waals surface area (Å²) >= 11 is 0. The number of benzene rings is 3. The number of hydrogen-bond acceptors (Lipinski definition) is 1. The van der Waals surface area contributed by atoms with Crippen molar-refractivity contribution in [3.05, 3.63) is 107 Å². The molecule has 0 radical (unpaired) electrons. The summed E-state index contributed by atoms with van der Waals surface area (Å²) in [5.74, 6) is -1.12. The highest BCUT2D eigenvalue weighted by atomic mass is 19.1. The van der Waals surface area contributed by atoms with Gasteiger partial charge in [-0.2, -0.15) is 0 Å². The lowest BCUT2D eigenvalue weighted by Crippen LogP contribution is -2.41. The number of halogens is 2. The van der Waals surface area contributed by atoms with Gasteiger partial charge in [-0.05, 0) is 41.8 Å². The molecule has 0 unspecified atom stereocenters. The van der Waals surface area contributed by atoms with Gasteiger partial charge in [0.15, 0.2) is 0 Å². The molecule has 4 rings (SSSR count). The highest BCUT2D eigenvalue weighted by Crippen LogP contribution is 2.37. The average molecular weight is 349 g/mol. The highest BCUT2D eigenvalue weighted by Gasteiger charge is 2.33. The molecule has 26 heavy (non-hydrogen) atoms. The molecule has 0 aliphatic carbocycles. The van der Waals surface area contributed by atoms with E-state index in [4.69, 9.17) is 0 Å². The lowest BCUT2D eigenvalue weighted by molar-refractivity contribution is 0.0691. The molecule has 0 N–H and O–H groups in total. The van der Waals surface area contributed by atoms with Gasteiger partial charge in [0, 0.05) is 17.7 Å². The molecular weight excluding hydrogens is 332 g/mol. The average Bonchev–Trinajstić information content (AvgIpc) is 2.67. The number of carbonyl (C=O) groups is 1. The van der Waals surface area contributed by atoms with Gasteiger partial charge in [0.25, 0.3) is 5.91 Å². The minimum atomic E-state index is -0.531. The van der Waals surface area contributed by atoms with Crippen molar-refractivity contribution in [1.29, 1.82) is 0 Å². The van der Waals surface area contributed by atoms with Gasteiger partial charge in [-0.3, -0.25) is 4.79 Å². The summed E-state index contributed by atoms with van der Waals surface area (Å²) in [6, 6.07) is 19.4. The third-order valence-corrected chi connectivity index (χ3v) is 4.82. The summed E-state index contributed by atoms with van der Waals surface area (Å²) in [4.78, 5) is 14.7. The van der Waals surface area contributed by atoms with E-state index in [0.29, 0.717) is 18.5 Å². The normalized spacial score (nSPS) is 16.2. The Hall–Kier alpha value is -3.01. The first-order chi connectivity index (χ1) is 12.6. The van der Waals surface area contributed by atoms with Crippen LogP contribution in [0, 0.1) is 11.6 Å². The molecule has 0 fully saturated rings. The topological polar surface area (TPSA) is 20.3 Å². The van der Waals surface area contributed by atoms with Crippen molar-refractivity contribution in [2.75, 3.05) is 6.54 Å². The standard InChI is InChI=1S/C22H17F2NO/c23-17-8-5-7-16(14-17)22(26)25-13-12-15-6-1-2-9-18(15)21(25)19-10-3-4-11-20(19)24/h1-11,14,21H,12-13H2/t21-/m1/s1. The summed E-state index contributed by atoms with van der Waals surface area (Å²) < 4.78 is 28.2. The Bertz CT molecular complexity index is 970. The lowest BCUT2D eigenvalue weighted by Gasteiger charge is -2.38. The van der Waals surface area contributed by atoms with Crippen LogP contribution in [0.5, 0.6) is 0 Å². The maximum Gasteiger partial charge on any atom is 0.254 e. The van der Waals surface area contributed by atoms with E-state index in [1.54, 1.807) is 29.2 Å². The Morgan fingerprint density at radius 2 is 1.62 bits per heavy atom. The van der Waals surface area contributed by atoms with Crippen molar-refractivity contribution in [1.82, 2.24) is 4.90 Å². The number of amides is 1. The van der Waals surface area contributed by atoms with E-state index in [9.17, 15) is 13.6 Å². The summed E-state index contributed by atoms with van der Waals surface area (Å²) in [6.45, 7) is 0.450. The Morgan fingerprint density at radius 1 is 0.885 bits per heavy atom. The second kappa shape index (κ2) is 6.71. The van der Waals surface area contributed by atoms with Crippen LogP contribution in [0.1, 0.15) is 33.1 Å². The molecular formula is C22H17F2NO. The molecule has 1 aliphatic heterocycles. The van der Waals surface area contributed by atoms with Gasteiger partial charge in [0.2, 0.25) is 0 Å². The van der Waals surface area contributed by atoms with Crippen LogP contribution in [-0.4, -0.2) is 17.4 Å². The molecule has 3 aromatic rings. The van der Waals surface area contributed by atoms with Crippen LogP contribution in [0.3, 0.4) is 0 Å². The van der Waals surface area contributed by atoms with Crippen LogP contribution in [0.2, 0.25) is 0 Å². The minimum Gasteiger partial charge on any atom is -0.327 e. The lowest BCUT2D eigenvalue weighted by atomic mass is 9.87. The Morgan fingerprint density at radius 3 is 2.38 bits per heavy atom. The molecule has 1 aliphatic rings. The SMILES string of the molecule is O=C(c1cccc(F)c1)N1CCc2ccccc2[C@@H]1c1ccccc1F. The van der Waals surface area contributed by atoms with E-state index in [1.165, 1.54) is 24.3 Å². The largest absolute Gasteiger partial charge is 0.327 e. The summed E-state index contributed by atoms with van der Waals surface area (Å²) in [5.41, 5.74) is 2.73. The molecule has 1 heterocycles. The first-order valence-electron chi connectivity index (χ1n) is 8.54. The molecule has 1 amide bonds. The molecule has 130 valence electrons. The number of rotatable bonds is 2. The van der Waals surface area contributed by atoms with Crippen molar-refractivity contribution < 1.29 is 13.6 Å². The number of hydrogen-bond donors (Lipinski definition) is 0. The zero-order chi connectivity index (χ0) is 18.1. The van der Waals surface area contributed by atoms with E-state index in [0.717, 1.165) is 11.1 Å². The second-order valence-corrected chi connectivity index (χ2v) is 6.38. The predicted octanol–water partition coefficient (Wildman–Crippen LogP) is 4.75. The van der Waals surface area contributed by atoms with Gasteiger partial charge >= 0.3 is 0 Å². The van der Waals surface area contributed by atoms with E-state index >= 15 is 0 Å². The number of carbonyl (C=O) groups excluding carboxylic acids is 1. The van der Waals surface area contributed by atoms with Crippen molar-refractivity contribution in [2.45, 2.75) is 12.5 Å². The zero-order valence-corrected chi connectivity index (χ0v) is 14.0. The summed E-state index contributed by atoms with van der Waals surface area (Å²) in [5, 5.41) is 0. The van der Waals surface area contributed by atoms with E-state index in [1.807, 2.05) is 24.3 Å². The minimum absolute atomic E-state index is 0.269. The first-order valence-corrected chi connectivity index (χ1v) is 8.54. The summed E-state index contributed by atoms with van der Waals surface area (Å²) in [6.07, 6.45) is 0.683. The van der Waals surface area contributed by atoms with Crippen LogP contribution in [0.25, 0.3) is 0 Å². The Kier molecular flexibility index (Phi) is 4.25. The molecule has 0 spiro atoms. The van der Waals surface area contributed by atoms with Gasteiger partial charge < -0.3 is 4.90 Å². The predicted molar refractivity (Wildman–Crippen MR) is 95.8 cm³/mol. The number of fused-ring (bicyclic) bond motifs is 1. The second-order valence-electron chi connectivity index (χ2n) is 6.38. The maximum absolute atomic E-state index is 14.6. The third-order valence-electron chi connectivity index (χ3n) is 4.82. The third kappa shape index (κ3) is 2.88. The smallest absolute Gasteiger partial charge is 0.254 e. The van der Waals surface area contributed by atoms with Crippen LogP contribution < -0.4 is 0 Å². The van der Waals surface area contributed by atoms with Gasteiger partial charge in [-0.15, -0.1) is 0 Å². The monoisotopic (exact) mass is 349 g/mol. The molecule has 0 saturated heterocycles. The van der Waals surface area contributed by atoms with Crippen LogP contribution in [0.15, 0.2) is 72.8 Å². The van der Waals surface area contributed by atoms with Crippen LogP contribution >= 0.6 is 0 Å². The number of nitrogens with zero attached hydrogens (tertiary/aromatic N) is 1. The molecule has 0 saturated carbocycles. The molecule has 0 bridgehead atoms. The van der Waals surface area contributed by atoms with Crippen molar-refractivity contribution in [2.24, 2.45) is 0 Å². The fraction of sp³-hybridized carbons (Fsp3) is 0.136. The molecule has 0 aromatic heterocycles. The Labute approximate surface area is 150 Å². The van der Waals surface area contributed by atoms with Crippen molar-refractivity contribution in [3.8, 4) is 0 Å². The van der Waals surface area contributed by atoms with Crippen molar-refractivity contribution >= 4 is 5.91 Å². The first kappa shape index (κ1) is 16.5. The van der Waals surface area contributed by atoms with Crippen molar-refractivity contribution in [3.63, 3.8) is 0 Å². The molecule has 2 nitrogen and oxygen atoms in total. The molecule has 1 atom stereocenters. The van der Waals surface area contributed by atoms with Gasteiger partial charge in [0.05, 0.1) is 6.04 Å². The maximum atomic E-state index is 14.6. The quantitative estimate of drug-likeness (QED) is 0.654. The Balaban J connectivity index is 1.83. The molecule has 3 aromatic carbocycles. The fourth-order valence-electron chi connectivity index (χ4n) is 3.60. The summed E-state index contributed by atoms with van der Waals surface area (Å²) in [7, 11) is 0. The van der Waals surface area contributed by atoms with E-state index in [-0.39, 0.29) is 17.3 Å². The zero-order valence-electron chi connectivity index (χ0n) is 14.0. The van der Waals surface area contributed by atoms with E-state index < -0.39 is 11.9 Å². The fourth-order valence-corrected chi connectivity index (χ4v) is 3.60. The van der Waals surface area contributed by atoms with Crippen LogP contribution in [0.4, 0.5) is 8.78 Å². The molecule has 4 heteroatoms. The highest BCUT2D eigenvalue weighted by molar-refractivity contribution is 5.95.